The Bertz CT molecular complexity index is 706. The number of hydrogen-bond acceptors (Lipinski definition) is 4. The summed E-state index contributed by atoms with van der Waals surface area (Å²) in [6.45, 7) is 0.271. The van der Waals surface area contributed by atoms with Gasteiger partial charge in [-0.3, -0.25) is 0 Å². The van der Waals surface area contributed by atoms with E-state index in [-0.39, 0.29) is 12.1 Å². The summed E-state index contributed by atoms with van der Waals surface area (Å²) in [6, 6.07) is 10.9. The zero-order chi connectivity index (χ0) is 17.5. The second kappa shape index (κ2) is 7.87. The van der Waals surface area contributed by atoms with E-state index in [2.05, 4.69) is 10.6 Å². The van der Waals surface area contributed by atoms with E-state index in [1.807, 2.05) is 0 Å². The van der Waals surface area contributed by atoms with Crippen molar-refractivity contribution >= 4 is 17.7 Å². The number of hydrogen-bond donors (Lipinski definition) is 3. The smallest absolute Gasteiger partial charge is 0.335 e. The van der Waals surface area contributed by atoms with Crippen LogP contribution in [0, 0.1) is 0 Å². The standard InChI is InChI=1S/C17H18N2O5/c1-23-14-7-13(8-15(9-14)24-2)19-17(22)18-10-11-3-5-12(6-4-11)16(20)21/h3-9H,10H2,1-2H3,(H,20,21)(H2,18,19,22). The van der Waals surface area contributed by atoms with E-state index >= 15 is 0 Å². The molecule has 0 aliphatic carbocycles. The number of carboxylic acid groups (broad SMARTS) is 1. The third-order valence-electron chi connectivity index (χ3n) is 3.26. The number of carbonyl (C=O) groups is 2. The van der Waals surface area contributed by atoms with Crippen LogP contribution in [0.3, 0.4) is 0 Å². The minimum absolute atomic E-state index is 0.201. The molecule has 2 rings (SSSR count). The highest BCUT2D eigenvalue weighted by molar-refractivity contribution is 5.90. The van der Waals surface area contributed by atoms with Gasteiger partial charge < -0.3 is 25.2 Å². The lowest BCUT2D eigenvalue weighted by Gasteiger charge is -2.11. The van der Waals surface area contributed by atoms with Crippen LogP contribution >= 0.6 is 0 Å². The number of anilines is 1. The Labute approximate surface area is 139 Å². The van der Waals surface area contributed by atoms with Crippen molar-refractivity contribution in [3.05, 3.63) is 53.6 Å². The lowest BCUT2D eigenvalue weighted by Crippen LogP contribution is -2.28. The first-order valence-corrected chi connectivity index (χ1v) is 7.12. The number of rotatable bonds is 6. The van der Waals surface area contributed by atoms with Crippen molar-refractivity contribution in [1.82, 2.24) is 5.32 Å². The predicted molar refractivity (Wildman–Crippen MR) is 88.8 cm³/mol. The van der Waals surface area contributed by atoms with Gasteiger partial charge in [0, 0.05) is 30.4 Å². The minimum Gasteiger partial charge on any atom is -0.497 e. The van der Waals surface area contributed by atoms with Gasteiger partial charge in [0.1, 0.15) is 11.5 Å². The molecule has 126 valence electrons. The predicted octanol–water partition coefficient (Wildman–Crippen LogP) is 2.72. The van der Waals surface area contributed by atoms with Crippen LogP contribution < -0.4 is 20.1 Å². The molecule has 0 saturated carbocycles. The number of ether oxygens (including phenoxy) is 2. The molecule has 0 fully saturated rings. The molecule has 0 radical (unpaired) electrons. The summed E-state index contributed by atoms with van der Waals surface area (Å²) in [5, 5.41) is 14.2. The summed E-state index contributed by atoms with van der Waals surface area (Å²) in [5.41, 5.74) is 1.52. The third-order valence-corrected chi connectivity index (χ3v) is 3.26. The van der Waals surface area contributed by atoms with E-state index in [9.17, 15) is 9.59 Å². The molecule has 0 aliphatic rings. The van der Waals surface area contributed by atoms with Crippen LogP contribution in [-0.4, -0.2) is 31.3 Å². The molecule has 2 aromatic rings. The SMILES string of the molecule is COc1cc(NC(=O)NCc2ccc(C(=O)O)cc2)cc(OC)c1. The molecular weight excluding hydrogens is 312 g/mol. The summed E-state index contributed by atoms with van der Waals surface area (Å²) in [4.78, 5) is 22.7. The van der Waals surface area contributed by atoms with Crippen molar-refractivity contribution in [1.29, 1.82) is 0 Å². The van der Waals surface area contributed by atoms with Gasteiger partial charge in [-0.1, -0.05) is 12.1 Å². The summed E-state index contributed by atoms with van der Waals surface area (Å²) < 4.78 is 10.3. The van der Waals surface area contributed by atoms with Gasteiger partial charge in [0.15, 0.2) is 0 Å². The number of benzene rings is 2. The van der Waals surface area contributed by atoms with Gasteiger partial charge in [-0.15, -0.1) is 0 Å². The van der Waals surface area contributed by atoms with E-state index in [1.54, 1.807) is 30.3 Å². The number of carboxylic acids is 1. The van der Waals surface area contributed by atoms with Gasteiger partial charge in [0.25, 0.3) is 0 Å². The average Bonchev–Trinajstić information content (AvgIpc) is 2.59. The molecule has 7 heteroatoms. The molecule has 0 saturated heterocycles. The molecule has 0 aliphatic heterocycles. The molecule has 7 nitrogen and oxygen atoms in total. The highest BCUT2D eigenvalue weighted by Crippen LogP contribution is 2.25. The normalized spacial score (nSPS) is 9.92. The Balaban J connectivity index is 1.94. The van der Waals surface area contributed by atoms with Gasteiger partial charge in [0.05, 0.1) is 19.8 Å². The van der Waals surface area contributed by atoms with Gasteiger partial charge in [-0.25, -0.2) is 9.59 Å². The molecule has 24 heavy (non-hydrogen) atoms. The number of urea groups is 1. The molecule has 0 bridgehead atoms. The van der Waals surface area contributed by atoms with E-state index in [0.29, 0.717) is 17.2 Å². The molecular formula is C17H18N2O5. The maximum Gasteiger partial charge on any atom is 0.335 e. The number of methoxy groups -OCH3 is 2. The van der Waals surface area contributed by atoms with E-state index in [4.69, 9.17) is 14.6 Å². The van der Waals surface area contributed by atoms with Gasteiger partial charge in [-0.2, -0.15) is 0 Å². The number of amides is 2. The zero-order valence-electron chi connectivity index (χ0n) is 13.3. The minimum atomic E-state index is -0.987. The molecule has 2 aromatic carbocycles. The Morgan fingerprint density at radius 3 is 2.08 bits per heavy atom. The van der Waals surface area contributed by atoms with Crippen LogP contribution in [0.1, 0.15) is 15.9 Å². The van der Waals surface area contributed by atoms with Crippen molar-refractivity contribution in [3.8, 4) is 11.5 Å². The first-order chi connectivity index (χ1) is 11.5. The van der Waals surface area contributed by atoms with E-state index in [1.165, 1.54) is 26.4 Å². The largest absolute Gasteiger partial charge is 0.497 e. The van der Waals surface area contributed by atoms with Crippen LogP contribution in [0.5, 0.6) is 11.5 Å². The van der Waals surface area contributed by atoms with Crippen molar-refractivity contribution in [2.24, 2.45) is 0 Å². The van der Waals surface area contributed by atoms with Gasteiger partial charge >= 0.3 is 12.0 Å². The number of carbonyl (C=O) groups excluding carboxylic acids is 1. The van der Waals surface area contributed by atoms with Crippen molar-refractivity contribution in [3.63, 3.8) is 0 Å². The van der Waals surface area contributed by atoms with Crippen molar-refractivity contribution in [2.75, 3.05) is 19.5 Å². The quantitative estimate of drug-likeness (QED) is 0.757. The van der Waals surface area contributed by atoms with E-state index < -0.39 is 12.0 Å². The second-order valence-corrected chi connectivity index (χ2v) is 4.91. The van der Waals surface area contributed by atoms with Gasteiger partial charge in [-0.05, 0) is 17.7 Å². The molecule has 0 atom stereocenters. The molecule has 0 unspecified atom stereocenters. The maximum atomic E-state index is 12.0. The topological polar surface area (TPSA) is 96.9 Å². The fourth-order valence-corrected chi connectivity index (χ4v) is 2.00. The highest BCUT2D eigenvalue weighted by Gasteiger charge is 2.07. The molecule has 3 N–H and O–H groups in total. The molecule has 0 heterocycles. The summed E-state index contributed by atoms with van der Waals surface area (Å²) in [7, 11) is 3.05. The summed E-state index contributed by atoms with van der Waals surface area (Å²) >= 11 is 0. The third kappa shape index (κ3) is 4.64. The van der Waals surface area contributed by atoms with Crippen LogP contribution in [0.2, 0.25) is 0 Å². The number of nitrogens with one attached hydrogen (secondary N) is 2. The first kappa shape index (κ1) is 17.1. The fraction of sp³-hybridized carbons (Fsp3) is 0.176. The summed E-state index contributed by atoms with van der Waals surface area (Å²) in [5.74, 6) is 0.141. The highest BCUT2D eigenvalue weighted by atomic mass is 16.5. The Morgan fingerprint density at radius 2 is 1.58 bits per heavy atom. The lowest BCUT2D eigenvalue weighted by atomic mass is 10.1. The second-order valence-electron chi connectivity index (χ2n) is 4.91. The van der Waals surface area contributed by atoms with Crippen LogP contribution in [0.15, 0.2) is 42.5 Å². The monoisotopic (exact) mass is 330 g/mol. The maximum absolute atomic E-state index is 12.0. The lowest BCUT2D eigenvalue weighted by molar-refractivity contribution is 0.0697. The van der Waals surface area contributed by atoms with Crippen molar-refractivity contribution in [2.45, 2.75) is 6.54 Å². The zero-order valence-corrected chi connectivity index (χ0v) is 13.3. The molecule has 0 aromatic heterocycles. The Morgan fingerprint density at radius 1 is 1.00 bits per heavy atom. The molecule has 0 spiro atoms. The Kier molecular flexibility index (Phi) is 5.62. The fourth-order valence-electron chi connectivity index (χ4n) is 2.00. The van der Waals surface area contributed by atoms with E-state index in [0.717, 1.165) is 5.56 Å². The summed E-state index contributed by atoms with van der Waals surface area (Å²) in [6.07, 6.45) is 0. The van der Waals surface area contributed by atoms with Crippen molar-refractivity contribution < 1.29 is 24.2 Å². The van der Waals surface area contributed by atoms with Crippen LogP contribution in [-0.2, 0) is 6.54 Å². The van der Waals surface area contributed by atoms with Crippen LogP contribution in [0.4, 0.5) is 10.5 Å². The Hall–Kier alpha value is -3.22. The first-order valence-electron chi connectivity index (χ1n) is 7.12. The molecule has 2 amide bonds. The van der Waals surface area contributed by atoms with Crippen LogP contribution in [0.25, 0.3) is 0 Å². The van der Waals surface area contributed by atoms with Gasteiger partial charge in [0.2, 0.25) is 0 Å². The average molecular weight is 330 g/mol. The number of aromatic carboxylic acids is 1.